The van der Waals surface area contributed by atoms with Gasteiger partial charge >= 0.3 is 11.7 Å². The zero-order chi connectivity index (χ0) is 29.8. The number of aromatic nitrogens is 2. The lowest BCUT2D eigenvalue weighted by molar-refractivity contribution is -0.384. The highest BCUT2D eigenvalue weighted by Gasteiger charge is 2.36. The number of methoxy groups -OCH3 is 1. The highest BCUT2D eigenvalue weighted by atomic mass is 32.1. The Bertz CT molecular complexity index is 2050. The van der Waals surface area contributed by atoms with E-state index in [4.69, 9.17) is 9.72 Å². The van der Waals surface area contributed by atoms with E-state index in [1.807, 2.05) is 53.4 Å². The molecule has 0 radical (unpaired) electrons. The van der Waals surface area contributed by atoms with Crippen LogP contribution in [0.3, 0.4) is 0 Å². The third kappa shape index (κ3) is 4.42. The molecule has 0 spiro atoms. The number of nitro groups is 1. The molecule has 1 unspecified atom stereocenters. The molecule has 3 aromatic heterocycles. The first-order chi connectivity index (χ1) is 20.9. The molecule has 2 aliphatic rings. The van der Waals surface area contributed by atoms with E-state index in [1.54, 1.807) is 11.5 Å². The fourth-order valence-corrected chi connectivity index (χ4v) is 7.87. The van der Waals surface area contributed by atoms with E-state index in [1.165, 1.54) is 28.5 Å². The highest BCUT2D eigenvalue weighted by Crippen LogP contribution is 2.42. The molecule has 0 saturated heterocycles. The van der Waals surface area contributed by atoms with Crippen LogP contribution >= 0.6 is 11.3 Å². The van der Waals surface area contributed by atoms with Crippen LogP contribution in [0.4, 0.5) is 11.5 Å². The Balaban J connectivity index is 1.49. The Hall–Kier alpha value is -4.77. The maximum Gasteiger partial charge on any atom is 0.342 e. The summed E-state index contributed by atoms with van der Waals surface area (Å²) in [5.74, 6) is -0.429. The smallest absolute Gasteiger partial charge is 0.342 e. The summed E-state index contributed by atoms with van der Waals surface area (Å²) in [7, 11) is 1.62. The van der Waals surface area contributed by atoms with E-state index in [0.29, 0.717) is 18.5 Å². The number of hydrogen-bond acceptors (Lipinski definition) is 8. The molecule has 43 heavy (non-hydrogen) atoms. The molecule has 1 aliphatic carbocycles. The SMILES string of the molecule is COc1ccc(CC2C3=C(CCCC3)CCN2c2nc3c(cc2[N+](=O)[O-])c(=O)c(C(=O)O)c2sc4ccccc4n23)cc1. The van der Waals surface area contributed by atoms with Crippen molar-refractivity contribution in [1.29, 1.82) is 0 Å². The summed E-state index contributed by atoms with van der Waals surface area (Å²) in [6.07, 6.45) is 5.59. The Kier molecular flexibility index (Phi) is 6.61. The lowest BCUT2D eigenvalue weighted by Gasteiger charge is -2.41. The van der Waals surface area contributed by atoms with Crippen LogP contribution in [0.2, 0.25) is 0 Å². The summed E-state index contributed by atoms with van der Waals surface area (Å²) in [4.78, 5) is 45.1. The van der Waals surface area contributed by atoms with Gasteiger partial charge in [-0.3, -0.25) is 19.3 Å². The lowest BCUT2D eigenvalue weighted by atomic mass is 9.80. The molecule has 218 valence electrons. The Labute approximate surface area is 249 Å². The van der Waals surface area contributed by atoms with E-state index >= 15 is 0 Å². The number of ether oxygens (including phenoxy) is 1. The molecule has 1 atom stereocenters. The van der Waals surface area contributed by atoms with Crippen LogP contribution < -0.4 is 15.1 Å². The van der Waals surface area contributed by atoms with Crippen LogP contribution in [0.5, 0.6) is 5.75 Å². The second kappa shape index (κ2) is 10.5. The second-order valence-electron chi connectivity index (χ2n) is 11.0. The number of benzene rings is 2. The molecule has 5 aromatic rings. The van der Waals surface area contributed by atoms with Gasteiger partial charge in [-0.25, -0.2) is 9.78 Å². The Morgan fingerprint density at radius 1 is 1.14 bits per heavy atom. The topological polar surface area (TPSA) is 127 Å². The number of thiazole rings is 1. The number of aromatic carboxylic acids is 1. The molecule has 0 saturated carbocycles. The van der Waals surface area contributed by atoms with Crippen LogP contribution in [-0.4, -0.2) is 45.1 Å². The van der Waals surface area contributed by atoms with E-state index in [0.717, 1.165) is 48.1 Å². The molecule has 10 nitrogen and oxygen atoms in total. The number of anilines is 1. The predicted octanol–water partition coefficient (Wildman–Crippen LogP) is 6.37. The summed E-state index contributed by atoms with van der Waals surface area (Å²) in [5.41, 5.74) is 3.23. The summed E-state index contributed by atoms with van der Waals surface area (Å²) in [6, 6.07) is 16.3. The van der Waals surface area contributed by atoms with Gasteiger partial charge in [-0.05, 0) is 73.9 Å². The van der Waals surface area contributed by atoms with Crippen molar-refractivity contribution in [3.05, 3.63) is 97.2 Å². The van der Waals surface area contributed by atoms with Crippen molar-refractivity contribution in [2.24, 2.45) is 0 Å². The number of carbonyl (C=O) groups is 1. The van der Waals surface area contributed by atoms with Gasteiger partial charge in [-0.15, -0.1) is 11.3 Å². The summed E-state index contributed by atoms with van der Waals surface area (Å²) >= 11 is 1.19. The zero-order valence-corrected chi connectivity index (χ0v) is 24.2. The maximum atomic E-state index is 13.6. The van der Waals surface area contributed by atoms with Gasteiger partial charge in [0.05, 0.1) is 33.7 Å². The summed E-state index contributed by atoms with van der Waals surface area (Å²) < 4.78 is 7.79. The molecule has 7 rings (SSSR count). The van der Waals surface area contributed by atoms with E-state index in [-0.39, 0.29) is 33.4 Å². The molecule has 0 amide bonds. The van der Waals surface area contributed by atoms with Crippen LogP contribution in [-0.2, 0) is 6.42 Å². The number of rotatable bonds is 6. The standard InChI is InChI=1S/C32H28N4O6S/c1-42-20-12-10-18(11-13-20)16-24-21-7-3-2-6-19(21)14-15-34(24)30-25(36(40)41)17-22-28(37)27(32(38)39)31-35(29(22)33-30)23-8-4-5-9-26(23)43-31/h4-5,8-13,17,24H,2-3,6-7,14-16H2,1H3,(H,38,39). The number of hydrogen-bond donors (Lipinski definition) is 1. The summed E-state index contributed by atoms with van der Waals surface area (Å²) in [5, 5.41) is 22.5. The monoisotopic (exact) mass is 596 g/mol. The Morgan fingerprint density at radius 2 is 1.91 bits per heavy atom. The van der Waals surface area contributed by atoms with Crippen molar-refractivity contribution in [1.82, 2.24) is 9.38 Å². The first-order valence-corrected chi connectivity index (χ1v) is 15.1. The molecule has 11 heteroatoms. The maximum absolute atomic E-state index is 13.6. The van der Waals surface area contributed by atoms with E-state index < -0.39 is 21.9 Å². The van der Waals surface area contributed by atoms with Crippen LogP contribution in [0.15, 0.2) is 70.5 Å². The molecular weight excluding hydrogens is 568 g/mol. The van der Waals surface area contributed by atoms with Crippen molar-refractivity contribution in [2.75, 3.05) is 18.6 Å². The number of pyridine rings is 2. The number of carboxylic acid groups (broad SMARTS) is 1. The molecule has 0 bridgehead atoms. The average molecular weight is 597 g/mol. The van der Waals surface area contributed by atoms with Gasteiger partial charge in [0.1, 0.15) is 16.1 Å². The summed E-state index contributed by atoms with van der Waals surface area (Å²) in [6.45, 7) is 0.550. The third-order valence-electron chi connectivity index (χ3n) is 8.71. The largest absolute Gasteiger partial charge is 0.497 e. The minimum Gasteiger partial charge on any atom is -0.497 e. The number of carboxylic acids is 1. The minimum atomic E-state index is -1.38. The van der Waals surface area contributed by atoms with Gasteiger partial charge in [-0.2, -0.15) is 0 Å². The van der Waals surface area contributed by atoms with Crippen molar-refractivity contribution >= 4 is 54.9 Å². The molecule has 1 N–H and O–H groups in total. The van der Waals surface area contributed by atoms with Gasteiger partial charge in [0.25, 0.3) is 0 Å². The van der Waals surface area contributed by atoms with E-state index in [2.05, 4.69) is 0 Å². The number of para-hydroxylation sites is 1. The van der Waals surface area contributed by atoms with Gasteiger partial charge in [-0.1, -0.05) is 29.8 Å². The number of fused-ring (bicyclic) bond motifs is 5. The first-order valence-electron chi connectivity index (χ1n) is 14.2. The average Bonchev–Trinajstić information content (AvgIpc) is 3.40. The van der Waals surface area contributed by atoms with Crippen molar-refractivity contribution in [3.8, 4) is 5.75 Å². The normalized spacial score (nSPS) is 17.0. The van der Waals surface area contributed by atoms with Crippen molar-refractivity contribution < 1.29 is 19.6 Å². The molecule has 2 aromatic carbocycles. The van der Waals surface area contributed by atoms with Crippen LogP contribution in [0.25, 0.3) is 26.1 Å². The fourth-order valence-electron chi connectivity index (χ4n) is 6.70. The number of nitrogens with zero attached hydrogens (tertiary/aromatic N) is 4. The van der Waals surface area contributed by atoms with Gasteiger partial charge in [0.15, 0.2) is 5.65 Å². The van der Waals surface area contributed by atoms with Gasteiger partial charge in [0.2, 0.25) is 11.2 Å². The van der Waals surface area contributed by atoms with E-state index in [9.17, 15) is 24.8 Å². The first kappa shape index (κ1) is 27.1. The third-order valence-corrected chi connectivity index (χ3v) is 9.85. The minimum absolute atomic E-state index is 0.0878. The Morgan fingerprint density at radius 3 is 2.65 bits per heavy atom. The van der Waals surface area contributed by atoms with Gasteiger partial charge in [0, 0.05) is 12.6 Å². The lowest BCUT2D eigenvalue weighted by Crippen LogP contribution is -2.44. The van der Waals surface area contributed by atoms with Gasteiger partial charge < -0.3 is 14.7 Å². The molecule has 1 aliphatic heterocycles. The predicted molar refractivity (Wildman–Crippen MR) is 166 cm³/mol. The second-order valence-corrected chi connectivity index (χ2v) is 12.1. The molecular formula is C32H28N4O6S. The van der Waals surface area contributed by atoms with Crippen LogP contribution in [0.1, 0.15) is 48.0 Å². The molecule has 0 fully saturated rings. The highest BCUT2D eigenvalue weighted by molar-refractivity contribution is 7.24. The quantitative estimate of drug-likeness (QED) is 0.136. The van der Waals surface area contributed by atoms with Crippen molar-refractivity contribution in [2.45, 2.75) is 44.6 Å². The van der Waals surface area contributed by atoms with Crippen molar-refractivity contribution in [3.63, 3.8) is 0 Å². The molecule has 4 heterocycles. The van der Waals surface area contributed by atoms with Crippen LogP contribution in [0, 0.1) is 10.1 Å². The fraction of sp³-hybridized carbons (Fsp3) is 0.281. The zero-order valence-electron chi connectivity index (χ0n) is 23.4.